The summed E-state index contributed by atoms with van der Waals surface area (Å²) in [7, 11) is 0. The number of allylic oxidation sites excluding steroid dienone is 1. The molecule has 0 amide bonds. The Bertz CT molecular complexity index is 1080. The number of anilines is 1. The van der Waals surface area contributed by atoms with Gasteiger partial charge in [-0.05, 0) is 29.3 Å². The van der Waals surface area contributed by atoms with Crippen LogP contribution in [0.25, 0.3) is 11.1 Å². The Balaban J connectivity index is 1.33. The molecule has 1 aliphatic heterocycles. The second-order valence-electron chi connectivity index (χ2n) is 7.69. The summed E-state index contributed by atoms with van der Waals surface area (Å²) in [6.07, 6.45) is -1.02. The van der Waals surface area contributed by atoms with Crippen LogP contribution in [0.15, 0.2) is 91.1 Å². The minimum atomic E-state index is -4.35. The Morgan fingerprint density at radius 3 is 2.09 bits per heavy atom. The van der Waals surface area contributed by atoms with E-state index in [0.717, 1.165) is 17.2 Å². The van der Waals surface area contributed by atoms with E-state index in [1.165, 1.54) is 12.1 Å². The molecule has 32 heavy (non-hydrogen) atoms. The van der Waals surface area contributed by atoms with Crippen molar-refractivity contribution in [3.05, 3.63) is 102 Å². The summed E-state index contributed by atoms with van der Waals surface area (Å²) in [5.41, 5.74) is 2.69. The summed E-state index contributed by atoms with van der Waals surface area (Å²) in [5.74, 6) is -0.0788. The molecule has 0 aromatic heterocycles. The summed E-state index contributed by atoms with van der Waals surface area (Å²) < 4.78 is 38.9. The number of ketones is 1. The Labute approximate surface area is 185 Å². The van der Waals surface area contributed by atoms with Crippen LogP contribution in [0.5, 0.6) is 0 Å². The summed E-state index contributed by atoms with van der Waals surface area (Å²) in [4.78, 5) is 16.5. The molecule has 3 aromatic rings. The summed E-state index contributed by atoms with van der Waals surface area (Å²) in [6, 6.07) is 22.9. The molecule has 0 bridgehead atoms. The largest absolute Gasteiger partial charge is 0.416 e. The second kappa shape index (κ2) is 9.30. The van der Waals surface area contributed by atoms with Crippen molar-refractivity contribution in [1.29, 1.82) is 0 Å². The molecule has 0 saturated carbocycles. The van der Waals surface area contributed by atoms with Gasteiger partial charge in [0.05, 0.1) is 5.56 Å². The average molecular weight is 436 g/mol. The first-order chi connectivity index (χ1) is 15.4. The molecule has 1 aliphatic rings. The van der Waals surface area contributed by atoms with E-state index in [4.69, 9.17) is 0 Å². The molecule has 1 saturated heterocycles. The predicted molar refractivity (Wildman–Crippen MR) is 121 cm³/mol. The van der Waals surface area contributed by atoms with Crippen LogP contribution >= 0.6 is 0 Å². The first kappa shape index (κ1) is 21.7. The Morgan fingerprint density at radius 2 is 1.44 bits per heavy atom. The van der Waals surface area contributed by atoms with Crippen LogP contribution in [0.1, 0.15) is 15.9 Å². The van der Waals surface area contributed by atoms with Gasteiger partial charge >= 0.3 is 6.18 Å². The number of rotatable bonds is 5. The van der Waals surface area contributed by atoms with Crippen LogP contribution in [-0.4, -0.2) is 36.9 Å². The third-order valence-electron chi connectivity index (χ3n) is 5.57. The standard InChI is InChI=1S/C26H23F3N2O/c27-26(28,29)23-7-4-8-24(19-23)31-17-15-30(16-18-31)14-13-25(32)22-11-9-21(10-12-22)20-5-2-1-3-6-20/h1-14,19H,15-18H2. The monoisotopic (exact) mass is 436 g/mol. The average Bonchev–Trinajstić information content (AvgIpc) is 2.83. The molecule has 0 N–H and O–H groups in total. The third-order valence-corrected chi connectivity index (χ3v) is 5.57. The lowest BCUT2D eigenvalue weighted by molar-refractivity contribution is -0.137. The highest BCUT2D eigenvalue weighted by Crippen LogP contribution is 2.32. The molecule has 0 aliphatic carbocycles. The normalized spacial score (nSPS) is 14.7. The first-order valence-corrected chi connectivity index (χ1v) is 10.4. The van der Waals surface area contributed by atoms with E-state index < -0.39 is 11.7 Å². The molecule has 4 rings (SSSR count). The van der Waals surface area contributed by atoms with E-state index in [0.29, 0.717) is 37.4 Å². The van der Waals surface area contributed by atoms with Crippen molar-refractivity contribution in [1.82, 2.24) is 4.90 Å². The Hall–Kier alpha value is -3.54. The van der Waals surface area contributed by atoms with Gasteiger partial charge in [-0.25, -0.2) is 0 Å². The fourth-order valence-electron chi connectivity index (χ4n) is 3.74. The van der Waals surface area contributed by atoms with Crippen molar-refractivity contribution >= 4 is 11.5 Å². The molecular formula is C26H23F3N2O. The van der Waals surface area contributed by atoms with Crippen molar-refractivity contribution in [2.24, 2.45) is 0 Å². The van der Waals surface area contributed by atoms with Crippen molar-refractivity contribution < 1.29 is 18.0 Å². The van der Waals surface area contributed by atoms with Crippen molar-refractivity contribution in [3.63, 3.8) is 0 Å². The molecule has 0 atom stereocenters. The lowest BCUT2D eigenvalue weighted by Gasteiger charge is -2.35. The van der Waals surface area contributed by atoms with E-state index in [2.05, 4.69) is 0 Å². The minimum absolute atomic E-state index is 0.0788. The summed E-state index contributed by atoms with van der Waals surface area (Å²) >= 11 is 0. The van der Waals surface area contributed by atoms with Crippen molar-refractivity contribution in [2.45, 2.75) is 6.18 Å². The highest BCUT2D eigenvalue weighted by molar-refractivity contribution is 6.04. The Kier molecular flexibility index (Phi) is 6.30. The molecule has 6 heteroatoms. The maximum Gasteiger partial charge on any atom is 0.416 e. The lowest BCUT2D eigenvalue weighted by Crippen LogP contribution is -2.44. The van der Waals surface area contributed by atoms with Gasteiger partial charge in [0.25, 0.3) is 0 Å². The number of alkyl halides is 3. The van der Waals surface area contributed by atoms with Gasteiger partial charge in [0.15, 0.2) is 5.78 Å². The van der Waals surface area contributed by atoms with E-state index in [9.17, 15) is 18.0 Å². The number of nitrogens with zero attached hydrogens (tertiary/aromatic N) is 2. The number of benzene rings is 3. The van der Waals surface area contributed by atoms with Crippen LogP contribution in [0.2, 0.25) is 0 Å². The molecule has 0 radical (unpaired) electrons. The first-order valence-electron chi connectivity index (χ1n) is 10.4. The van der Waals surface area contributed by atoms with Gasteiger partial charge in [-0.2, -0.15) is 13.2 Å². The van der Waals surface area contributed by atoms with Crippen LogP contribution in [-0.2, 0) is 6.18 Å². The van der Waals surface area contributed by atoms with Crippen LogP contribution in [0.4, 0.5) is 18.9 Å². The second-order valence-corrected chi connectivity index (χ2v) is 7.69. The van der Waals surface area contributed by atoms with E-state index in [-0.39, 0.29) is 5.78 Å². The number of halogens is 3. The number of carbonyl (C=O) groups excluding carboxylic acids is 1. The summed E-state index contributed by atoms with van der Waals surface area (Å²) in [5, 5.41) is 0. The van der Waals surface area contributed by atoms with E-state index in [1.54, 1.807) is 18.3 Å². The molecule has 3 nitrogen and oxygen atoms in total. The van der Waals surface area contributed by atoms with Gasteiger partial charge in [-0.15, -0.1) is 0 Å². The van der Waals surface area contributed by atoms with Crippen LogP contribution in [0.3, 0.4) is 0 Å². The molecule has 164 valence electrons. The zero-order valence-corrected chi connectivity index (χ0v) is 17.4. The molecule has 1 heterocycles. The number of carbonyl (C=O) groups is 1. The van der Waals surface area contributed by atoms with Gasteiger partial charge in [-0.3, -0.25) is 4.79 Å². The zero-order valence-electron chi connectivity index (χ0n) is 17.4. The lowest BCUT2D eigenvalue weighted by atomic mass is 10.0. The number of hydrogen-bond donors (Lipinski definition) is 0. The fourth-order valence-corrected chi connectivity index (χ4v) is 3.74. The fraction of sp³-hybridized carbons (Fsp3) is 0.192. The Morgan fingerprint density at radius 1 is 0.781 bits per heavy atom. The van der Waals surface area contributed by atoms with Crippen LogP contribution < -0.4 is 4.90 Å². The molecule has 1 fully saturated rings. The van der Waals surface area contributed by atoms with Crippen LogP contribution in [0, 0.1) is 0 Å². The van der Waals surface area contributed by atoms with Gasteiger partial charge in [0, 0.05) is 49.7 Å². The number of piperazine rings is 1. The SMILES string of the molecule is O=C(C=CN1CCN(c2cccc(C(F)(F)F)c2)CC1)c1ccc(-c2ccccc2)cc1. The van der Waals surface area contributed by atoms with E-state index in [1.807, 2.05) is 64.4 Å². The minimum Gasteiger partial charge on any atom is -0.374 e. The maximum atomic E-state index is 13.0. The number of hydrogen-bond acceptors (Lipinski definition) is 3. The van der Waals surface area contributed by atoms with Gasteiger partial charge in [0.2, 0.25) is 0 Å². The van der Waals surface area contributed by atoms with Gasteiger partial charge in [-0.1, -0.05) is 60.7 Å². The zero-order chi connectivity index (χ0) is 22.6. The van der Waals surface area contributed by atoms with Gasteiger partial charge < -0.3 is 9.80 Å². The highest BCUT2D eigenvalue weighted by atomic mass is 19.4. The molecule has 3 aromatic carbocycles. The van der Waals surface area contributed by atoms with Crippen molar-refractivity contribution in [3.8, 4) is 11.1 Å². The maximum absolute atomic E-state index is 13.0. The molecule has 0 spiro atoms. The smallest absolute Gasteiger partial charge is 0.374 e. The summed E-state index contributed by atoms with van der Waals surface area (Å²) in [6.45, 7) is 2.44. The van der Waals surface area contributed by atoms with E-state index >= 15 is 0 Å². The third kappa shape index (κ3) is 5.19. The molecular weight excluding hydrogens is 413 g/mol. The topological polar surface area (TPSA) is 23.6 Å². The molecule has 0 unspecified atom stereocenters. The highest BCUT2D eigenvalue weighted by Gasteiger charge is 2.31. The van der Waals surface area contributed by atoms with Crippen molar-refractivity contribution in [2.75, 3.05) is 31.1 Å². The predicted octanol–water partition coefficient (Wildman–Crippen LogP) is 5.89. The quantitative estimate of drug-likeness (QED) is 0.368. The van der Waals surface area contributed by atoms with Gasteiger partial charge in [0.1, 0.15) is 0 Å².